The number of aromatic nitrogens is 3. The van der Waals surface area contributed by atoms with E-state index in [4.69, 9.17) is 4.74 Å². The molecule has 1 unspecified atom stereocenters. The van der Waals surface area contributed by atoms with Crippen molar-refractivity contribution in [3.8, 4) is 0 Å². The molecule has 9 heteroatoms. The molecule has 0 saturated heterocycles. The van der Waals surface area contributed by atoms with Crippen LogP contribution in [-0.2, 0) is 9.53 Å². The number of hydrogen-bond acceptors (Lipinski definition) is 7. The molecule has 0 aliphatic rings. The molecule has 0 aliphatic carbocycles. The standard InChI is InChI=1S/C22H22N4O3S2/c1-5-29-21(28)18-12(2)13(3)30-20(18)23-19(27)14(4)31-22-25-24-17-11-10-15-8-6-7-9-16(15)26(17)22/h6-11,14H,5H2,1-4H3,(H,23,27). The number of carbonyl (C=O) groups excluding carboxylic acids is 2. The Morgan fingerprint density at radius 3 is 2.74 bits per heavy atom. The molecule has 0 fully saturated rings. The lowest BCUT2D eigenvalue weighted by molar-refractivity contribution is -0.115. The van der Waals surface area contributed by atoms with Gasteiger partial charge in [-0.3, -0.25) is 9.20 Å². The fourth-order valence-corrected chi connectivity index (χ4v) is 5.20. The minimum atomic E-state index is -0.455. The van der Waals surface area contributed by atoms with Crippen molar-refractivity contribution in [2.24, 2.45) is 0 Å². The topological polar surface area (TPSA) is 85.6 Å². The molecule has 160 valence electrons. The molecule has 0 radical (unpaired) electrons. The molecule has 1 amide bonds. The van der Waals surface area contributed by atoms with E-state index in [0.717, 1.165) is 27.0 Å². The average molecular weight is 455 g/mol. The Hall–Kier alpha value is -2.91. The van der Waals surface area contributed by atoms with Crippen LogP contribution in [0.25, 0.3) is 16.6 Å². The van der Waals surface area contributed by atoms with E-state index in [-0.39, 0.29) is 12.5 Å². The van der Waals surface area contributed by atoms with Gasteiger partial charge in [0.25, 0.3) is 0 Å². The Bertz CT molecular complexity index is 1290. The molecular weight excluding hydrogens is 432 g/mol. The lowest BCUT2D eigenvalue weighted by Gasteiger charge is -2.12. The highest BCUT2D eigenvalue weighted by Gasteiger charge is 2.25. The van der Waals surface area contributed by atoms with Crippen LogP contribution < -0.4 is 5.32 Å². The Labute approximate surface area is 187 Å². The molecular formula is C22H22N4O3S2. The molecule has 0 spiro atoms. The molecule has 3 heterocycles. The predicted molar refractivity (Wildman–Crippen MR) is 124 cm³/mol. The van der Waals surface area contributed by atoms with Crippen molar-refractivity contribution in [3.63, 3.8) is 0 Å². The smallest absolute Gasteiger partial charge is 0.341 e. The Morgan fingerprint density at radius 2 is 1.97 bits per heavy atom. The Balaban J connectivity index is 1.59. The number of rotatable bonds is 6. The zero-order chi connectivity index (χ0) is 22.1. The van der Waals surface area contributed by atoms with Gasteiger partial charge in [-0.15, -0.1) is 21.5 Å². The molecule has 3 aromatic heterocycles. The predicted octanol–water partition coefficient (Wildman–Crippen LogP) is 4.86. The zero-order valence-corrected chi connectivity index (χ0v) is 19.3. The van der Waals surface area contributed by atoms with Gasteiger partial charge >= 0.3 is 5.97 Å². The van der Waals surface area contributed by atoms with E-state index in [1.807, 2.05) is 61.6 Å². The van der Waals surface area contributed by atoms with Gasteiger partial charge in [0.15, 0.2) is 10.8 Å². The monoisotopic (exact) mass is 454 g/mol. The third kappa shape index (κ3) is 4.03. The quantitative estimate of drug-likeness (QED) is 0.331. The fourth-order valence-electron chi connectivity index (χ4n) is 3.28. The van der Waals surface area contributed by atoms with Crippen LogP contribution in [0, 0.1) is 13.8 Å². The maximum Gasteiger partial charge on any atom is 0.341 e. The normalized spacial score (nSPS) is 12.3. The molecule has 0 bridgehead atoms. The lowest BCUT2D eigenvalue weighted by Crippen LogP contribution is -2.23. The van der Waals surface area contributed by atoms with Crippen LogP contribution in [-0.4, -0.2) is 38.3 Å². The average Bonchev–Trinajstić information content (AvgIpc) is 3.28. The van der Waals surface area contributed by atoms with E-state index >= 15 is 0 Å². The van der Waals surface area contributed by atoms with Crippen molar-refractivity contribution in [2.45, 2.75) is 38.1 Å². The number of thiophene rings is 1. The van der Waals surface area contributed by atoms with E-state index in [0.29, 0.717) is 15.7 Å². The molecule has 4 aromatic rings. The maximum atomic E-state index is 13.0. The van der Waals surface area contributed by atoms with Crippen molar-refractivity contribution in [1.29, 1.82) is 0 Å². The number of aryl methyl sites for hydroxylation is 1. The molecule has 1 atom stereocenters. The summed E-state index contributed by atoms with van der Waals surface area (Å²) >= 11 is 2.70. The van der Waals surface area contributed by atoms with Gasteiger partial charge < -0.3 is 10.1 Å². The number of amides is 1. The largest absolute Gasteiger partial charge is 0.462 e. The van der Waals surface area contributed by atoms with E-state index in [9.17, 15) is 9.59 Å². The van der Waals surface area contributed by atoms with Gasteiger partial charge in [-0.2, -0.15) is 0 Å². The van der Waals surface area contributed by atoms with Crippen LogP contribution in [0.5, 0.6) is 0 Å². The van der Waals surface area contributed by atoms with Crippen LogP contribution in [0.4, 0.5) is 5.00 Å². The number of para-hydroxylation sites is 1. The number of esters is 1. The zero-order valence-electron chi connectivity index (χ0n) is 17.6. The van der Waals surface area contributed by atoms with Crippen molar-refractivity contribution in [3.05, 3.63) is 52.4 Å². The summed E-state index contributed by atoms with van der Waals surface area (Å²) in [6, 6.07) is 11.9. The van der Waals surface area contributed by atoms with Gasteiger partial charge in [0.2, 0.25) is 5.91 Å². The lowest BCUT2D eigenvalue weighted by atomic mass is 10.1. The van der Waals surface area contributed by atoms with Crippen LogP contribution in [0.1, 0.15) is 34.6 Å². The highest BCUT2D eigenvalue weighted by Crippen LogP contribution is 2.34. The minimum Gasteiger partial charge on any atom is -0.462 e. The number of fused-ring (bicyclic) bond motifs is 3. The molecule has 31 heavy (non-hydrogen) atoms. The summed E-state index contributed by atoms with van der Waals surface area (Å²) in [7, 11) is 0. The number of thioether (sulfide) groups is 1. The summed E-state index contributed by atoms with van der Waals surface area (Å²) in [6.07, 6.45) is 0. The van der Waals surface area contributed by atoms with E-state index < -0.39 is 11.2 Å². The third-order valence-corrected chi connectivity index (χ3v) is 7.17. The molecule has 0 aliphatic heterocycles. The highest BCUT2D eigenvalue weighted by atomic mass is 32.2. The maximum absolute atomic E-state index is 13.0. The second-order valence-corrected chi connectivity index (χ2v) is 9.56. The second kappa shape index (κ2) is 8.68. The summed E-state index contributed by atoms with van der Waals surface area (Å²) in [5.41, 5.74) is 2.96. The van der Waals surface area contributed by atoms with Crippen LogP contribution >= 0.6 is 23.1 Å². The Kier molecular flexibility index (Phi) is 5.97. The fraction of sp³-hybridized carbons (Fsp3) is 0.273. The highest BCUT2D eigenvalue weighted by molar-refractivity contribution is 8.00. The molecule has 4 rings (SSSR count). The number of benzene rings is 1. The molecule has 1 aromatic carbocycles. The number of pyridine rings is 1. The first-order chi connectivity index (χ1) is 14.9. The first kappa shape index (κ1) is 21.3. The van der Waals surface area contributed by atoms with E-state index in [2.05, 4.69) is 15.5 Å². The summed E-state index contributed by atoms with van der Waals surface area (Å²) in [4.78, 5) is 26.3. The van der Waals surface area contributed by atoms with Crippen molar-refractivity contribution in [1.82, 2.24) is 14.6 Å². The van der Waals surface area contributed by atoms with Gasteiger partial charge in [-0.05, 0) is 56.8 Å². The number of hydrogen-bond donors (Lipinski definition) is 1. The summed E-state index contributed by atoms with van der Waals surface area (Å²) in [5, 5.41) is 13.2. The van der Waals surface area contributed by atoms with Crippen molar-refractivity contribution < 1.29 is 14.3 Å². The third-order valence-electron chi connectivity index (χ3n) is 5.00. The molecule has 0 saturated carbocycles. The molecule has 7 nitrogen and oxygen atoms in total. The van der Waals surface area contributed by atoms with Crippen LogP contribution in [0.3, 0.4) is 0 Å². The van der Waals surface area contributed by atoms with Crippen LogP contribution in [0.2, 0.25) is 0 Å². The van der Waals surface area contributed by atoms with Gasteiger partial charge in [0.05, 0.1) is 22.9 Å². The first-order valence-electron chi connectivity index (χ1n) is 9.88. The minimum absolute atomic E-state index is 0.214. The van der Waals surface area contributed by atoms with Gasteiger partial charge in [-0.25, -0.2) is 4.79 Å². The van der Waals surface area contributed by atoms with Crippen molar-refractivity contribution >= 4 is 56.5 Å². The van der Waals surface area contributed by atoms with Gasteiger partial charge in [-0.1, -0.05) is 30.0 Å². The summed E-state index contributed by atoms with van der Waals surface area (Å²) in [5.74, 6) is -0.635. The van der Waals surface area contributed by atoms with Gasteiger partial charge in [0.1, 0.15) is 5.00 Å². The van der Waals surface area contributed by atoms with E-state index in [1.165, 1.54) is 23.1 Å². The first-order valence-corrected chi connectivity index (χ1v) is 11.6. The second-order valence-electron chi connectivity index (χ2n) is 7.03. The number of nitrogens with one attached hydrogen (secondary N) is 1. The van der Waals surface area contributed by atoms with Gasteiger partial charge in [0, 0.05) is 4.88 Å². The van der Waals surface area contributed by atoms with Crippen molar-refractivity contribution in [2.75, 3.05) is 11.9 Å². The van der Waals surface area contributed by atoms with E-state index in [1.54, 1.807) is 6.92 Å². The summed E-state index contributed by atoms with van der Waals surface area (Å²) < 4.78 is 7.12. The SMILES string of the molecule is CCOC(=O)c1c(NC(=O)C(C)Sc2nnc3ccc4ccccc4n23)sc(C)c1C. The number of carbonyl (C=O) groups is 2. The Morgan fingerprint density at radius 1 is 1.19 bits per heavy atom. The number of anilines is 1. The number of ether oxygens (including phenoxy) is 1. The summed E-state index contributed by atoms with van der Waals surface area (Å²) in [6.45, 7) is 7.63. The molecule has 1 N–H and O–H groups in total. The van der Waals surface area contributed by atoms with Crippen LogP contribution in [0.15, 0.2) is 41.6 Å². The number of nitrogens with zero attached hydrogens (tertiary/aromatic N) is 3.